The summed E-state index contributed by atoms with van der Waals surface area (Å²) in [6.07, 6.45) is 0. The maximum absolute atomic E-state index is 13.0. The SMILES string of the molecule is O=C(Oc1ccc(F)cc1)c1ccc(S(=O)(=O)c2ccc(C(=O)Oc3ccc(F)cc3)cc2)cc1. The molecule has 0 aliphatic carbocycles. The summed E-state index contributed by atoms with van der Waals surface area (Å²) in [6.45, 7) is 0. The van der Waals surface area contributed by atoms with Gasteiger partial charge in [-0.1, -0.05) is 0 Å². The molecule has 0 radical (unpaired) electrons. The molecule has 176 valence electrons. The van der Waals surface area contributed by atoms with Gasteiger partial charge in [-0.05, 0) is 97.1 Å². The lowest BCUT2D eigenvalue weighted by atomic mass is 10.2. The van der Waals surface area contributed by atoms with E-state index in [0.29, 0.717) is 0 Å². The molecule has 0 fully saturated rings. The molecule has 0 atom stereocenters. The van der Waals surface area contributed by atoms with E-state index in [2.05, 4.69) is 0 Å². The van der Waals surface area contributed by atoms with Gasteiger partial charge in [0.15, 0.2) is 0 Å². The highest BCUT2D eigenvalue weighted by Gasteiger charge is 2.20. The number of hydrogen-bond donors (Lipinski definition) is 0. The van der Waals surface area contributed by atoms with Crippen LogP contribution in [-0.2, 0) is 9.84 Å². The zero-order valence-electron chi connectivity index (χ0n) is 17.9. The minimum absolute atomic E-state index is 0.0718. The Morgan fingerprint density at radius 3 is 1.14 bits per heavy atom. The Labute approximate surface area is 199 Å². The first-order valence-electron chi connectivity index (χ1n) is 10.1. The molecule has 0 aromatic heterocycles. The molecule has 0 saturated carbocycles. The van der Waals surface area contributed by atoms with Crippen molar-refractivity contribution in [1.82, 2.24) is 0 Å². The lowest BCUT2D eigenvalue weighted by molar-refractivity contribution is 0.0725. The van der Waals surface area contributed by atoms with Crippen molar-refractivity contribution in [2.24, 2.45) is 0 Å². The number of hydrogen-bond acceptors (Lipinski definition) is 6. The Balaban J connectivity index is 1.45. The molecular weight excluding hydrogens is 478 g/mol. The van der Waals surface area contributed by atoms with Gasteiger partial charge in [0.1, 0.15) is 23.1 Å². The number of carbonyl (C=O) groups is 2. The minimum Gasteiger partial charge on any atom is -0.423 e. The molecule has 0 N–H and O–H groups in total. The van der Waals surface area contributed by atoms with Gasteiger partial charge >= 0.3 is 11.9 Å². The second-order valence-corrected chi connectivity index (χ2v) is 9.19. The Bertz CT molecular complexity index is 1350. The van der Waals surface area contributed by atoms with Crippen molar-refractivity contribution in [3.63, 3.8) is 0 Å². The average molecular weight is 494 g/mol. The molecule has 0 saturated heterocycles. The van der Waals surface area contributed by atoms with E-state index < -0.39 is 33.4 Å². The average Bonchev–Trinajstić information content (AvgIpc) is 2.87. The van der Waals surface area contributed by atoms with Crippen molar-refractivity contribution < 1.29 is 36.3 Å². The topological polar surface area (TPSA) is 86.7 Å². The van der Waals surface area contributed by atoms with Crippen LogP contribution >= 0.6 is 0 Å². The summed E-state index contributed by atoms with van der Waals surface area (Å²) in [4.78, 5) is 24.4. The van der Waals surface area contributed by atoms with Crippen LogP contribution in [-0.4, -0.2) is 20.4 Å². The van der Waals surface area contributed by atoms with Gasteiger partial charge in [-0.25, -0.2) is 26.8 Å². The highest BCUT2D eigenvalue weighted by molar-refractivity contribution is 7.91. The van der Waals surface area contributed by atoms with Crippen molar-refractivity contribution in [2.45, 2.75) is 9.79 Å². The van der Waals surface area contributed by atoms with Gasteiger partial charge in [-0.15, -0.1) is 0 Å². The Morgan fingerprint density at radius 2 is 0.829 bits per heavy atom. The maximum Gasteiger partial charge on any atom is 0.343 e. The summed E-state index contributed by atoms with van der Waals surface area (Å²) in [5, 5.41) is 0. The third-order valence-corrected chi connectivity index (χ3v) is 6.63. The third-order valence-electron chi connectivity index (χ3n) is 4.85. The van der Waals surface area contributed by atoms with E-state index in [1.165, 1.54) is 72.8 Å². The van der Waals surface area contributed by atoms with Gasteiger partial charge in [-0.2, -0.15) is 0 Å². The van der Waals surface area contributed by atoms with Gasteiger partial charge < -0.3 is 9.47 Å². The first-order valence-corrected chi connectivity index (χ1v) is 11.6. The van der Waals surface area contributed by atoms with E-state index in [4.69, 9.17) is 9.47 Å². The van der Waals surface area contributed by atoms with Crippen LogP contribution in [0, 0.1) is 11.6 Å². The number of esters is 2. The predicted molar refractivity (Wildman–Crippen MR) is 121 cm³/mol. The third kappa shape index (κ3) is 5.59. The van der Waals surface area contributed by atoms with Crippen LogP contribution in [0.5, 0.6) is 11.5 Å². The molecular formula is C26H16F2O6S. The molecule has 0 aliphatic heterocycles. The molecule has 9 heteroatoms. The van der Waals surface area contributed by atoms with Gasteiger partial charge in [-0.3, -0.25) is 0 Å². The fourth-order valence-electron chi connectivity index (χ4n) is 3.01. The van der Waals surface area contributed by atoms with Crippen molar-refractivity contribution in [3.8, 4) is 11.5 Å². The zero-order chi connectivity index (χ0) is 25.0. The molecule has 0 amide bonds. The number of ether oxygens (including phenoxy) is 2. The molecule has 35 heavy (non-hydrogen) atoms. The van der Waals surface area contributed by atoms with Crippen LogP contribution in [0.15, 0.2) is 107 Å². The van der Waals surface area contributed by atoms with Crippen LogP contribution in [0.25, 0.3) is 0 Å². The first-order chi connectivity index (χ1) is 16.7. The van der Waals surface area contributed by atoms with Crippen LogP contribution in [0.4, 0.5) is 8.78 Å². The van der Waals surface area contributed by atoms with E-state index in [1.807, 2.05) is 0 Å². The van der Waals surface area contributed by atoms with E-state index in [1.54, 1.807) is 0 Å². The van der Waals surface area contributed by atoms with E-state index >= 15 is 0 Å². The van der Waals surface area contributed by atoms with E-state index in [0.717, 1.165) is 24.3 Å². The number of carbonyl (C=O) groups excluding carboxylic acids is 2. The fraction of sp³-hybridized carbons (Fsp3) is 0. The standard InChI is InChI=1S/C26H16F2O6S/c27-19-5-9-21(10-6-19)33-25(29)17-1-13-23(14-2-17)35(31,32)24-15-3-18(4-16-24)26(30)34-22-11-7-20(28)8-12-22/h1-16H. The maximum atomic E-state index is 13.0. The van der Waals surface area contributed by atoms with E-state index in [9.17, 15) is 26.8 Å². The quantitative estimate of drug-likeness (QED) is 0.269. The second kappa shape index (κ2) is 9.86. The summed E-state index contributed by atoms with van der Waals surface area (Å²) < 4.78 is 62.1. The normalized spacial score (nSPS) is 11.0. The predicted octanol–water partition coefficient (Wildman–Crippen LogP) is 5.24. The van der Waals surface area contributed by atoms with Crippen molar-refractivity contribution in [1.29, 1.82) is 0 Å². The van der Waals surface area contributed by atoms with Crippen LogP contribution < -0.4 is 9.47 Å². The van der Waals surface area contributed by atoms with Crippen LogP contribution in [0.2, 0.25) is 0 Å². The van der Waals surface area contributed by atoms with E-state index in [-0.39, 0.29) is 32.4 Å². The minimum atomic E-state index is -3.94. The van der Waals surface area contributed by atoms with Crippen molar-refractivity contribution in [3.05, 3.63) is 120 Å². The molecule has 4 aromatic carbocycles. The summed E-state index contributed by atoms with van der Waals surface area (Å²) >= 11 is 0. The van der Waals surface area contributed by atoms with Gasteiger partial charge in [0.05, 0.1) is 20.9 Å². The first kappa shape index (κ1) is 23.8. The van der Waals surface area contributed by atoms with Crippen molar-refractivity contribution >= 4 is 21.8 Å². The summed E-state index contributed by atoms with van der Waals surface area (Å²) in [6, 6.07) is 20.0. The molecule has 6 nitrogen and oxygen atoms in total. The number of sulfone groups is 1. The monoisotopic (exact) mass is 494 g/mol. The fourth-order valence-corrected chi connectivity index (χ4v) is 4.27. The molecule has 4 aromatic rings. The summed E-state index contributed by atoms with van der Waals surface area (Å²) in [5.74, 6) is -2.12. The molecule has 4 rings (SSSR count). The van der Waals surface area contributed by atoms with Crippen LogP contribution in [0.3, 0.4) is 0 Å². The molecule has 0 unspecified atom stereocenters. The highest BCUT2D eigenvalue weighted by Crippen LogP contribution is 2.23. The second-order valence-electron chi connectivity index (χ2n) is 7.24. The van der Waals surface area contributed by atoms with Gasteiger partial charge in [0.25, 0.3) is 0 Å². The largest absolute Gasteiger partial charge is 0.423 e. The number of rotatable bonds is 6. The summed E-state index contributed by atoms with van der Waals surface area (Å²) in [5.41, 5.74) is 0.208. The zero-order valence-corrected chi connectivity index (χ0v) is 18.7. The van der Waals surface area contributed by atoms with Gasteiger partial charge in [0.2, 0.25) is 9.84 Å². The molecule has 0 bridgehead atoms. The van der Waals surface area contributed by atoms with Crippen molar-refractivity contribution in [2.75, 3.05) is 0 Å². The lowest BCUT2D eigenvalue weighted by Crippen LogP contribution is -2.10. The Hall–Kier alpha value is -4.37. The lowest BCUT2D eigenvalue weighted by Gasteiger charge is -2.08. The van der Waals surface area contributed by atoms with Crippen LogP contribution in [0.1, 0.15) is 20.7 Å². The summed E-state index contributed by atoms with van der Waals surface area (Å²) in [7, 11) is -3.94. The van der Waals surface area contributed by atoms with Gasteiger partial charge in [0, 0.05) is 0 Å². The Morgan fingerprint density at radius 1 is 0.514 bits per heavy atom. The smallest absolute Gasteiger partial charge is 0.343 e. The Kier molecular flexibility index (Phi) is 6.70. The number of halogens is 2. The number of benzene rings is 4. The molecule has 0 aliphatic rings. The highest BCUT2D eigenvalue weighted by atomic mass is 32.2. The molecule has 0 spiro atoms. The molecule has 0 heterocycles.